The molecule has 0 heterocycles. The van der Waals surface area contributed by atoms with Crippen LogP contribution >= 0.6 is 0 Å². The van der Waals surface area contributed by atoms with Gasteiger partial charge in [0.2, 0.25) is 0 Å². The molecule has 1 fully saturated rings. The number of carbonyl (C=O) groups excluding carboxylic acids is 1. The van der Waals surface area contributed by atoms with Crippen molar-refractivity contribution >= 4 is 11.6 Å². The Morgan fingerprint density at radius 3 is 2.68 bits per heavy atom. The standard InChI is InChI=1S/C15H21FN2O/c16-13-8-12(9-14(17)10-13)15(19)18-7-6-11-4-2-1-3-5-11/h8-11H,1-7,17H2,(H,18,19). The average molecular weight is 264 g/mol. The summed E-state index contributed by atoms with van der Waals surface area (Å²) in [6.45, 7) is 0.653. The SMILES string of the molecule is Nc1cc(F)cc(C(=O)NCCC2CCCCC2)c1. The van der Waals surface area contributed by atoms with E-state index in [0.29, 0.717) is 12.1 Å². The normalized spacial score (nSPS) is 16.3. The first-order valence-electron chi connectivity index (χ1n) is 6.99. The number of rotatable bonds is 4. The van der Waals surface area contributed by atoms with E-state index in [1.807, 2.05) is 0 Å². The molecule has 1 saturated carbocycles. The topological polar surface area (TPSA) is 55.1 Å². The first-order valence-corrected chi connectivity index (χ1v) is 6.99. The summed E-state index contributed by atoms with van der Waals surface area (Å²) in [5.41, 5.74) is 6.09. The van der Waals surface area contributed by atoms with E-state index in [1.54, 1.807) is 0 Å². The molecule has 1 amide bonds. The van der Waals surface area contributed by atoms with Crippen LogP contribution in [0.5, 0.6) is 0 Å². The third kappa shape index (κ3) is 4.23. The molecule has 0 atom stereocenters. The van der Waals surface area contributed by atoms with Crippen molar-refractivity contribution in [3.8, 4) is 0 Å². The lowest BCUT2D eigenvalue weighted by molar-refractivity contribution is 0.0950. The Balaban J connectivity index is 1.80. The first-order chi connectivity index (χ1) is 9.15. The maximum Gasteiger partial charge on any atom is 0.251 e. The summed E-state index contributed by atoms with van der Waals surface area (Å²) >= 11 is 0. The van der Waals surface area contributed by atoms with Gasteiger partial charge in [0, 0.05) is 17.8 Å². The van der Waals surface area contributed by atoms with Gasteiger partial charge in [-0.3, -0.25) is 4.79 Å². The highest BCUT2D eigenvalue weighted by atomic mass is 19.1. The monoisotopic (exact) mass is 264 g/mol. The summed E-state index contributed by atoms with van der Waals surface area (Å²) in [7, 11) is 0. The van der Waals surface area contributed by atoms with E-state index in [1.165, 1.54) is 50.3 Å². The number of hydrogen-bond acceptors (Lipinski definition) is 2. The molecule has 0 saturated heterocycles. The summed E-state index contributed by atoms with van der Waals surface area (Å²) in [5, 5.41) is 2.84. The number of nitrogen functional groups attached to an aromatic ring is 1. The number of nitrogens with one attached hydrogen (secondary N) is 1. The van der Waals surface area contributed by atoms with E-state index in [-0.39, 0.29) is 11.6 Å². The van der Waals surface area contributed by atoms with E-state index in [2.05, 4.69) is 5.32 Å². The molecule has 0 spiro atoms. The summed E-state index contributed by atoms with van der Waals surface area (Å²) in [6.07, 6.45) is 7.49. The quantitative estimate of drug-likeness (QED) is 0.821. The van der Waals surface area contributed by atoms with Crippen LogP contribution in [0.25, 0.3) is 0 Å². The molecule has 2 rings (SSSR count). The van der Waals surface area contributed by atoms with Crippen molar-refractivity contribution in [2.45, 2.75) is 38.5 Å². The molecule has 0 unspecified atom stereocenters. The van der Waals surface area contributed by atoms with Gasteiger partial charge < -0.3 is 11.1 Å². The van der Waals surface area contributed by atoms with Crippen LogP contribution in [0.2, 0.25) is 0 Å². The zero-order chi connectivity index (χ0) is 13.7. The van der Waals surface area contributed by atoms with Gasteiger partial charge in [-0.2, -0.15) is 0 Å². The predicted molar refractivity (Wildman–Crippen MR) is 74.3 cm³/mol. The fraction of sp³-hybridized carbons (Fsp3) is 0.533. The molecule has 1 aliphatic rings. The van der Waals surface area contributed by atoms with Crippen molar-refractivity contribution in [2.24, 2.45) is 5.92 Å². The molecule has 0 aromatic heterocycles. The molecule has 19 heavy (non-hydrogen) atoms. The number of anilines is 1. The lowest BCUT2D eigenvalue weighted by Gasteiger charge is -2.21. The van der Waals surface area contributed by atoms with Gasteiger partial charge in [-0.05, 0) is 30.5 Å². The van der Waals surface area contributed by atoms with Crippen LogP contribution in [0, 0.1) is 11.7 Å². The average Bonchev–Trinajstić information content (AvgIpc) is 2.38. The van der Waals surface area contributed by atoms with Crippen molar-refractivity contribution in [3.63, 3.8) is 0 Å². The van der Waals surface area contributed by atoms with Gasteiger partial charge >= 0.3 is 0 Å². The minimum absolute atomic E-state index is 0.248. The lowest BCUT2D eigenvalue weighted by Crippen LogP contribution is -2.26. The second-order valence-electron chi connectivity index (χ2n) is 5.32. The van der Waals surface area contributed by atoms with Gasteiger partial charge in [-0.25, -0.2) is 4.39 Å². The number of nitrogens with two attached hydrogens (primary N) is 1. The summed E-state index contributed by atoms with van der Waals surface area (Å²) in [4.78, 5) is 11.9. The molecule has 104 valence electrons. The number of carbonyl (C=O) groups is 1. The van der Waals surface area contributed by atoms with E-state index in [0.717, 1.165) is 12.3 Å². The Hall–Kier alpha value is -1.58. The molecule has 1 aromatic rings. The van der Waals surface area contributed by atoms with E-state index < -0.39 is 5.82 Å². The van der Waals surface area contributed by atoms with Crippen LogP contribution in [0.15, 0.2) is 18.2 Å². The van der Waals surface area contributed by atoms with Gasteiger partial charge in [-0.15, -0.1) is 0 Å². The Morgan fingerprint density at radius 2 is 2.00 bits per heavy atom. The predicted octanol–water partition coefficient (Wildman–Crippen LogP) is 3.11. The van der Waals surface area contributed by atoms with Crippen molar-refractivity contribution < 1.29 is 9.18 Å². The van der Waals surface area contributed by atoms with Crippen LogP contribution < -0.4 is 11.1 Å². The zero-order valence-corrected chi connectivity index (χ0v) is 11.1. The van der Waals surface area contributed by atoms with Gasteiger partial charge in [0.05, 0.1) is 0 Å². The molecule has 1 aliphatic carbocycles. The fourth-order valence-electron chi connectivity index (χ4n) is 2.71. The maximum absolute atomic E-state index is 13.1. The second-order valence-corrected chi connectivity index (χ2v) is 5.32. The minimum Gasteiger partial charge on any atom is -0.399 e. The van der Waals surface area contributed by atoms with Gasteiger partial charge in [0.25, 0.3) is 5.91 Å². The van der Waals surface area contributed by atoms with Crippen LogP contribution in [-0.4, -0.2) is 12.5 Å². The number of benzene rings is 1. The largest absolute Gasteiger partial charge is 0.399 e. The van der Waals surface area contributed by atoms with Gasteiger partial charge in [-0.1, -0.05) is 32.1 Å². The van der Waals surface area contributed by atoms with Crippen LogP contribution in [0.3, 0.4) is 0 Å². The number of halogens is 1. The van der Waals surface area contributed by atoms with Crippen molar-refractivity contribution in [1.82, 2.24) is 5.32 Å². The first kappa shape index (κ1) is 13.8. The molecular formula is C15H21FN2O. The van der Waals surface area contributed by atoms with Crippen molar-refractivity contribution in [3.05, 3.63) is 29.6 Å². The smallest absolute Gasteiger partial charge is 0.251 e. The highest BCUT2D eigenvalue weighted by Crippen LogP contribution is 2.25. The number of amides is 1. The van der Waals surface area contributed by atoms with E-state index in [4.69, 9.17) is 5.73 Å². The van der Waals surface area contributed by atoms with Crippen LogP contribution in [0.4, 0.5) is 10.1 Å². The fourth-order valence-corrected chi connectivity index (χ4v) is 2.71. The molecule has 3 nitrogen and oxygen atoms in total. The molecule has 1 aromatic carbocycles. The van der Waals surface area contributed by atoms with E-state index >= 15 is 0 Å². The lowest BCUT2D eigenvalue weighted by atomic mass is 9.87. The van der Waals surface area contributed by atoms with Crippen molar-refractivity contribution in [1.29, 1.82) is 0 Å². The molecule has 4 heteroatoms. The van der Waals surface area contributed by atoms with Crippen molar-refractivity contribution in [2.75, 3.05) is 12.3 Å². The summed E-state index contributed by atoms with van der Waals surface area (Å²) in [6, 6.07) is 3.92. The second kappa shape index (κ2) is 6.55. The molecule has 0 aliphatic heterocycles. The summed E-state index contributed by atoms with van der Waals surface area (Å²) in [5.74, 6) is 0.00562. The maximum atomic E-state index is 13.1. The molecule has 3 N–H and O–H groups in total. The Bertz CT molecular complexity index is 422. The molecule has 0 radical (unpaired) electrons. The van der Waals surface area contributed by atoms with Crippen LogP contribution in [-0.2, 0) is 0 Å². The summed E-state index contributed by atoms with van der Waals surface area (Å²) < 4.78 is 13.1. The Kier molecular flexibility index (Phi) is 4.77. The Labute approximate surface area is 113 Å². The third-order valence-electron chi connectivity index (χ3n) is 3.75. The molecular weight excluding hydrogens is 243 g/mol. The zero-order valence-electron chi connectivity index (χ0n) is 11.1. The minimum atomic E-state index is -0.475. The van der Waals surface area contributed by atoms with Gasteiger partial charge in [0.1, 0.15) is 5.82 Å². The third-order valence-corrected chi connectivity index (χ3v) is 3.75. The highest BCUT2D eigenvalue weighted by molar-refractivity contribution is 5.95. The van der Waals surface area contributed by atoms with Crippen LogP contribution in [0.1, 0.15) is 48.9 Å². The van der Waals surface area contributed by atoms with E-state index in [9.17, 15) is 9.18 Å². The Morgan fingerprint density at radius 1 is 1.26 bits per heavy atom. The van der Waals surface area contributed by atoms with Gasteiger partial charge in [0.15, 0.2) is 0 Å². The number of hydrogen-bond donors (Lipinski definition) is 2. The highest BCUT2D eigenvalue weighted by Gasteiger charge is 2.14. The molecule has 0 bridgehead atoms.